The molecule has 2 aromatic heterocycles. The summed E-state index contributed by atoms with van der Waals surface area (Å²) in [6, 6.07) is 8.29. The number of rotatable bonds is 7. The minimum absolute atomic E-state index is 0.156. The lowest BCUT2D eigenvalue weighted by Gasteiger charge is -2.21. The summed E-state index contributed by atoms with van der Waals surface area (Å²) in [4.78, 5) is 17.3. The van der Waals surface area contributed by atoms with E-state index in [-0.39, 0.29) is 4.90 Å². The van der Waals surface area contributed by atoms with E-state index in [0.29, 0.717) is 12.2 Å². The molecule has 32 heavy (non-hydrogen) atoms. The molecule has 0 aliphatic carbocycles. The number of carbonyl (C=O) groups is 1. The molecular formula is C22H24N4O5S. The Balaban J connectivity index is 1.43. The SMILES string of the molecule is Cn1cc(-c2cccc(S(=O)(=O)n3ccc(C=CC(=O)NOC4CCCCO4)c3)c2)cn1. The van der Waals surface area contributed by atoms with Crippen molar-refractivity contribution in [2.75, 3.05) is 6.61 Å². The molecule has 0 bridgehead atoms. The highest BCUT2D eigenvalue weighted by Crippen LogP contribution is 2.23. The zero-order valence-electron chi connectivity index (χ0n) is 17.5. The van der Waals surface area contributed by atoms with Crippen LogP contribution < -0.4 is 5.48 Å². The van der Waals surface area contributed by atoms with E-state index in [2.05, 4.69) is 10.6 Å². The van der Waals surface area contributed by atoms with Crippen LogP contribution in [-0.2, 0) is 31.4 Å². The molecule has 1 aliphatic heterocycles. The highest BCUT2D eigenvalue weighted by molar-refractivity contribution is 7.90. The van der Waals surface area contributed by atoms with E-state index >= 15 is 0 Å². The van der Waals surface area contributed by atoms with Crippen molar-refractivity contribution in [1.82, 2.24) is 19.2 Å². The van der Waals surface area contributed by atoms with E-state index in [0.717, 1.165) is 34.4 Å². The van der Waals surface area contributed by atoms with E-state index in [1.54, 1.807) is 42.2 Å². The molecular weight excluding hydrogens is 432 g/mol. The molecule has 3 aromatic rings. The number of hydrogen-bond donors (Lipinski definition) is 1. The summed E-state index contributed by atoms with van der Waals surface area (Å²) in [7, 11) is -1.99. The molecule has 1 aromatic carbocycles. The highest BCUT2D eigenvalue weighted by atomic mass is 32.2. The second-order valence-corrected chi connectivity index (χ2v) is 9.27. The van der Waals surface area contributed by atoms with Crippen molar-refractivity contribution in [3.8, 4) is 11.1 Å². The Hall–Kier alpha value is -3.21. The third-order valence-corrected chi connectivity index (χ3v) is 6.63. The Kier molecular flexibility index (Phi) is 6.54. The van der Waals surface area contributed by atoms with Crippen LogP contribution >= 0.6 is 0 Å². The number of aryl methyl sites for hydroxylation is 1. The molecule has 1 fully saturated rings. The van der Waals surface area contributed by atoms with E-state index in [4.69, 9.17) is 9.57 Å². The number of hydrogen-bond acceptors (Lipinski definition) is 6. The Morgan fingerprint density at radius 3 is 2.88 bits per heavy atom. The summed E-state index contributed by atoms with van der Waals surface area (Å²) in [5.41, 5.74) is 4.46. The van der Waals surface area contributed by atoms with E-state index in [9.17, 15) is 13.2 Å². The van der Waals surface area contributed by atoms with Crippen LogP contribution in [0.5, 0.6) is 0 Å². The van der Waals surface area contributed by atoms with Crippen LogP contribution in [0.3, 0.4) is 0 Å². The lowest BCUT2D eigenvalue weighted by molar-refractivity contribution is -0.198. The van der Waals surface area contributed by atoms with Gasteiger partial charge >= 0.3 is 0 Å². The fraction of sp³-hybridized carbons (Fsp3) is 0.273. The van der Waals surface area contributed by atoms with Crippen molar-refractivity contribution in [3.63, 3.8) is 0 Å². The molecule has 0 saturated carbocycles. The summed E-state index contributed by atoms with van der Waals surface area (Å²) >= 11 is 0. The Morgan fingerprint density at radius 2 is 2.12 bits per heavy atom. The van der Waals surface area contributed by atoms with E-state index in [1.807, 2.05) is 12.3 Å². The van der Waals surface area contributed by atoms with Gasteiger partial charge < -0.3 is 4.74 Å². The highest BCUT2D eigenvalue weighted by Gasteiger charge is 2.18. The number of benzene rings is 1. The molecule has 1 amide bonds. The number of aromatic nitrogens is 3. The molecule has 0 spiro atoms. The van der Waals surface area contributed by atoms with Crippen LogP contribution in [-0.4, -0.2) is 41.0 Å². The van der Waals surface area contributed by atoms with Crippen molar-refractivity contribution in [2.45, 2.75) is 30.4 Å². The largest absolute Gasteiger partial charge is 0.350 e. The number of amides is 1. The second kappa shape index (κ2) is 9.51. The standard InChI is InChI=1S/C22H24N4O5S/c1-25-16-19(14-23-25)18-5-4-6-20(13-18)32(28,29)26-11-10-17(15-26)8-9-21(27)24-31-22-7-2-3-12-30-22/h4-6,8-11,13-16,22H,2-3,7,12H2,1H3,(H,24,27). The molecule has 1 unspecified atom stereocenters. The molecule has 9 nitrogen and oxygen atoms in total. The maximum atomic E-state index is 13.1. The van der Waals surface area contributed by atoms with Crippen molar-refractivity contribution in [2.24, 2.45) is 7.05 Å². The molecule has 4 rings (SSSR count). The summed E-state index contributed by atoms with van der Waals surface area (Å²) in [6.07, 6.45) is 11.4. The Labute approximate surface area is 186 Å². The van der Waals surface area contributed by atoms with Crippen molar-refractivity contribution in [3.05, 3.63) is 66.8 Å². The fourth-order valence-electron chi connectivity index (χ4n) is 3.30. The van der Waals surface area contributed by atoms with Gasteiger partial charge in [-0.05, 0) is 48.2 Å². The molecule has 168 valence electrons. The summed E-state index contributed by atoms with van der Waals surface area (Å²) in [6.45, 7) is 0.615. The Morgan fingerprint density at radius 1 is 1.25 bits per heavy atom. The van der Waals surface area contributed by atoms with E-state index < -0.39 is 22.2 Å². The van der Waals surface area contributed by atoms with Crippen LogP contribution in [0.1, 0.15) is 24.8 Å². The average Bonchev–Trinajstić information content (AvgIpc) is 3.47. The number of hydroxylamine groups is 1. The van der Waals surface area contributed by atoms with Crippen LogP contribution in [0.25, 0.3) is 17.2 Å². The summed E-state index contributed by atoms with van der Waals surface area (Å²) in [5.74, 6) is -0.459. The van der Waals surface area contributed by atoms with Gasteiger partial charge in [-0.1, -0.05) is 12.1 Å². The topological polar surface area (TPSA) is 104 Å². The van der Waals surface area contributed by atoms with Crippen molar-refractivity contribution < 1.29 is 22.8 Å². The number of nitrogens with one attached hydrogen (secondary N) is 1. The van der Waals surface area contributed by atoms with Gasteiger partial charge in [-0.3, -0.25) is 9.48 Å². The van der Waals surface area contributed by atoms with Gasteiger partial charge in [0, 0.05) is 50.3 Å². The molecule has 3 heterocycles. The molecule has 1 saturated heterocycles. The monoisotopic (exact) mass is 456 g/mol. The molecule has 1 aliphatic rings. The first-order valence-corrected chi connectivity index (χ1v) is 11.6. The molecule has 1 atom stereocenters. The lowest BCUT2D eigenvalue weighted by atomic mass is 10.1. The Bertz CT molecular complexity index is 1220. The third kappa shape index (κ3) is 5.16. The zero-order valence-corrected chi connectivity index (χ0v) is 18.4. The summed E-state index contributed by atoms with van der Waals surface area (Å²) < 4.78 is 34.3. The van der Waals surface area contributed by atoms with Gasteiger partial charge in [-0.15, -0.1) is 0 Å². The van der Waals surface area contributed by atoms with Crippen molar-refractivity contribution in [1.29, 1.82) is 0 Å². The van der Waals surface area contributed by atoms with E-state index in [1.165, 1.54) is 24.5 Å². The smallest absolute Gasteiger partial charge is 0.267 e. The van der Waals surface area contributed by atoms with Gasteiger partial charge in [0.2, 0.25) is 0 Å². The first-order chi connectivity index (χ1) is 15.4. The van der Waals surface area contributed by atoms with Gasteiger partial charge in [-0.25, -0.2) is 22.7 Å². The molecule has 0 radical (unpaired) electrons. The molecule has 1 N–H and O–H groups in total. The molecule has 10 heteroatoms. The average molecular weight is 457 g/mol. The normalized spacial score (nSPS) is 17.0. The number of ether oxygens (including phenoxy) is 1. The van der Waals surface area contributed by atoms with Gasteiger partial charge in [-0.2, -0.15) is 5.10 Å². The first-order valence-electron chi connectivity index (χ1n) is 10.2. The maximum absolute atomic E-state index is 13.1. The third-order valence-electron chi connectivity index (χ3n) is 4.99. The number of carbonyl (C=O) groups excluding carboxylic acids is 1. The zero-order chi connectivity index (χ0) is 22.6. The predicted octanol–water partition coefficient (Wildman–Crippen LogP) is 2.71. The van der Waals surface area contributed by atoms with Gasteiger partial charge in [0.05, 0.1) is 11.1 Å². The van der Waals surface area contributed by atoms with Gasteiger partial charge in [0.15, 0.2) is 6.29 Å². The minimum atomic E-state index is -3.79. The fourth-order valence-corrected chi connectivity index (χ4v) is 4.55. The van der Waals surface area contributed by atoms with Crippen LogP contribution in [0.4, 0.5) is 0 Å². The lowest BCUT2D eigenvalue weighted by Crippen LogP contribution is -2.32. The summed E-state index contributed by atoms with van der Waals surface area (Å²) in [5, 5.41) is 4.13. The minimum Gasteiger partial charge on any atom is -0.350 e. The van der Waals surface area contributed by atoms with Crippen LogP contribution in [0.2, 0.25) is 0 Å². The second-order valence-electron chi connectivity index (χ2n) is 7.42. The van der Waals surface area contributed by atoms with Crippen LogP contribution in [0, 0.1) is 0 Å². The van der Waals surface area contributed by atoms with Crippen LogP contribution in [0.15, 0.2) is 66.1 Å². The quantitative estimate of drug-likeness (QED) is 0.433. The number of nitrogens with zero attached hydrogens (tertiary/aromatic N) is 3. The van der Waals surface area contributed by atoms with Gasteiger partial charge in [0.25, 0.3) is 15.9 Å². The maximum Gasteiger partial charge on any atom is 0.267 e. The first kappa shape index (κ1) is 22.0. The van der Waals surface area contributed by atoms with Gasteiger partial charge in [0.1, 0.15) is 0 Å². The van der Waals surface area contributed by atoms with Crippen molar-refractivity contribution >= 4 is 22.0 Å². The predicted molar refractivity (Wildman–Crippen MR) is 118 cm³/mol.